The van der Waals surface area contributed by atoms with Crippen LogP contribution in [-0.4, -0.2) is 18.1 Å². The van der Waals surface area contributed by atoms with Crippen molar-refractivity contribution in [1.29, 1.82) is 0 Å². The van der Waals surface area contributed by atoms with Crippen LogP contribution < -0.4 is 5.32 Å². The van der Waals surface area contributed by atoms with E-state index in [1.54, 1.807) is 0 Å². The van der Waals surface area contributed by atoms with Crippen molar-refractivity contribution in [3.63, 3.8) is 0 Å². The van der Waals surface area contributed by atoms with Crippen molar-refractivity contribution < 1.29 is 0 Å². The van der Waals surface area contributed by atoms with Crippen LogP contribution in [0, 0.1) is 6.92 Å². The van der Waals surface area contributed by atoms with Crippen LogP contribution in [0.2, 0.25) is 0 Å². The second-order valence-electron chi connectivity index (χ2n) is 6.07. The first kappa shape index (κ1) is 14.3. The van der Waals surface area contributed by atoms with Gasteiger partial charge in [-0.25, -0.2) is 0 Å². The van der Waals surface area contributed by atoms with E-state index < -0.39 is 0 Å². The van der Waals surface area contributed by atoms with Crippen LogP contribution in [-0.2, 0) is 12.8 Å². The molecule has 1 heterocycles. The molecule has 0 saturated heterocycles. The number of hydrogen-bond acceptors (Lipinski definition) is 2. The standard InChI is InChI=1S/C19H24N2/c1-14-7-3-4-8-16(14)13-18(20-2)17-11-5-9-15-10-6-12-21-19(15)17/h3-4,6-8,10,12,17-18,20H,5,9,11,13H2,1-2H3. The van der Waals surface area contributed by atoms with E-state index >= 15 is 0 Å². The highest BCUT2D eigenvalue weighted by Crippen LogP contribution is 2.33. The van der Waals surface area contributed by atoms with Crippen LogP contribution >= 0.6 is 0 Å². The van der Waals surface area contributed by atoms with E-state index in [1.807, 2.05) is 6.20 Å². The number of aryl methyl sites for hydroxylation is 2. The molecule has 0 saturated carbocycles. The van der Waals surface area contributed by atoms with Gasteiger partial charge in [0.05, 0.1) is 0 Å². The monoisotopic (exact) mass is 280 g/mol. The number of nitrogens with zero attached hydrogens (tertiary/aromatic N) is 1. The topological polar surface area (TPSA) is 24.9 Å². The molecule has 0 radical (unpaired) electrons. The highest BCUT2D eigenvalue weighted by Gasteiger charge is 2.28. The number of pyridine rings is 1. The van der Waals surface area contributed by atoms with Crippen molar-refractivity contribution in [2.75, 3.05) is 7.05 Å². The smallest absolute Gasteiger partial charge is 0.0482 e. The Kier molecular flexibility index (Phi) is 4.35. The van der Waals surface area contributed by atoms with Gasteiger partial charge in [-0.05, 0) is 62.4 Å². The van der Waals surface area contributed by atoms with Gasteiger partial charge < -0.3 is 5.32 Å². The fraction of sp³-hybridized carbons (Fsp3) is 0.421. The third-order valence-electron chi connectivity index (χ3n) is 4.80. The first-order valence-electron chi connectivity index (χ1n) is 7.95. The van der Waals surface area contributed by atoms with Crippen molar-refractivity contribution in [1.82, 2.24) is 10.3 Å². The maximum Gasteiger partial charge on any atom is 0.0482 e. The van der Waals surface area contributed by atoms with Crippen LogP contribution in [0.4, 0.5) is 0 Å². The molecule has 2 unspecified atom stereocenters. The van der Waals surface area contributed by atoms with Crippen molar-refractivity contribution in [2.24, 2.45) is 0 Å². The van der Waals surface area contributed by atoms with E-state index in [4.69, 9.17) is 4.98 Å². The Hall–Kier alpha value is -1.67. The van der Waals surface area contributed by atoms with Gasteiger partial charge in [-0.15, -0.1) is 0 Å². The third-order valence-corrected chi connectivity index (χ3v) is 4.80. The second kappa shape index (κ2) is 6.40. The minimum absolute atomic E-state index is 0.458. The highest BCUT2D eigenvalue weighted by molar-refractivity contribution is 5.30. The molecule has 1 aliphatic carbocycles. The lowest BCUT2D eigenvalue weighted by Crippen LogP contribution is -2.36. The van der Waals surface area contributed by atoms with Crippen LogP contribution in [0.3, 0.4) is 0 Å². The van der Waals surface area contributed by atoms with E-state index in [9.17, 15) is 0 Å². The van der Waals surface area contributed by atoms with E-state index in [-0.39, 0.29) is 0 Å². The first-order valence-corrected chi connectivity index (χ1v) is 7.95. The lowest BCUT2D eigenvalue weighted by molar-refractivity contribution is 0.402. The number of aromatic nitrogens is 1. The molecular weight excluding hydrogens is 256 g/mol. The van der Waals surface area contributed by atoms with Crippen LogP contribution in [0.5, 0.6) is 0 Å². The van der Waals surface area contributed by atoms with Crippen molar-refractivity contribution in [3.8, 4) is 0 Å². The van der Waals surface area contributed by atoms with Crippen molar-refractivity contribution in [2.45, 2.75) is 44.6 Å². The van der Waals surface area contributed by atoms with Crippen molar-refractivity contribution >= 4 is 0 Å². The van der Waals surface area contributed by atoms with Gasteiger partial charge in [-0.3, -0.25) is 4.98 Å². The average Bonchev–Trinajstić information content (AvgIpc) is 2.54. The molecule has 1 aromatic carbocycles. The molecule has 0 bridgehead atoms. The van der Waals surface area contributed by atoms with Gasteiger partial charge in [0.25, 0.3) is 0 Å². The van der Waals surface area contributed by atoms with Gasteiger partial charge in [0, 0.05) is 23.9 Å². The van der Waals surface area contributed by atoms with Gasteiger partial charge in [-0.2, -0.15) is 0 Å². The summed E-state index contributed by atoms with van der Waals surface area (Å²) in [5, 5.41) is 3.55. The van der Waals surface area contributed by atoms with E-state index in [0.29, 0.717) is 12.0 Å². The molecule has 21 heavy (non-hydrogen) atoms. The Morgan fingerprint density at radius 3 is 2.90 bits per heavy atom. The molecule has 2 aromatic rings. The Balaban J connectivity index is 1.86. The molecule has 0 fully saturated rings. The van der Waals surface area contributed by atoms with Gasteiger partial charge in [0.1, 0.15) is 0 Å². The molecule has 1 N–H and O–H groups in total. The van der Waals surface area contributed by atoms with Crippen LogP contribution in [0.15, 0.2) is 42.6 Å². The molecule has 1 aromatic heterocycles. The van der Waals surface area contributed by atoms with Gasteiger partial charge in [0.2, 0.25) is 0 Å². The lowest BCUT2D eigenvalue weighted by Gasteiger charge is -2.31. The molecule has 2 heteroatoms. The van der Waals surface area contributed by atoms with Crippen LogP contribution in [0.25, 0.3) is 0 Å². The fourth-order valence-electron chi connectivity index (χ4n) is 3.56. The maximum absolute atomic E-state index is 4.69. The van der Waals surface area contributed by atoms with E-state index in [1.165, 1.54) is 41.6 Å². The normalized spacial score (nSPS) is 19.0. The van der Waals surface area contributed by atoms with E-state index in [0.717, 1.165) is 6.42 Å². The SMILES string of the molecule is CNC(Cc1ccccc1C)C1CCCc2cccnc21. The van der Waals surface area contributed by atoms with Gasteiger partial charge in [-0.1, -0.05) is 30.3 Å². The number of rotatable bonds is 4. The number of hydrogen-bond donors (Lipinski definition) is 1. The number of fused-ring (bicyclic) bond motifs is 1. The number of nitrogens with one attached hydrogen (secondary N) is 1. The largest absolute Gasteiger partial charge is 0.316 e. The minimum atomic E-state index is 0.458. The van der Waals surface area contributed by atoms with Crippen molar-refractivity contribution in [3.05, 3.63) is 65.0 Å². The summed E-state index contributed by atoms with van der Waals surface area (Å²) >= 11 is 0. The number of likely N-dealkylation sites (N-methyl/N-ethyl adjacent to an activating group) is 1. The molecule has 110 valence electrons. The Morgan fingerprint density at radius 1 is 1.24 bits per heavy atom. The molecule has 0 aliphatic heterocycles. The summed E-state index contributed by atoms with van der Waals surface area (Å²) in [6.07, 6.45) is 6.71. The Bertz CT molecular complexity index is 606. The molecule has 0 amide bonds. The Morgan fingerprint density at radius 2 is 2.10 bits per heavy atom. The fourth-order valence-corrected chi connectivity index (χ4v) is 3.56. The summed E-state index contributed by atoms with van der Waals surface area (Å²) < 4.78 is 0. The minimum Gasteiger partial charge on any atom is -0.316 e. The maximum atomic E-state index is 4.69. The lowest BCUT2D eigenvalue weighted by atomic mass is 9.79. The third kappa shape index (κ3) is 3.01. The predicted octanol–water partition coefficient (Wildman–Crippen LogP) is 3.64. The van der Waals surface area contributed by atoms with Crippen LogP contribution in [0.1, 0.15) is 41.1 Å². The molecule has 2 atom stereocenters. The summed E-state index contributed by atoms with van der Waals surface area (Å²) in [5.74, 6) is 0.527. The summed E-state index contributed by atoms with van der Waals surface area (Å²) in [6, 6.07) is 13.5. The molecule has 0 spiro atoms. The molecular formula is C19H24N2. The molecule has 3 rings (SSSR count). The second-order valence-corrected chi connectivity index (χ2v) is 6.07. The zero-order chi connectivity index (χ0) is 14.7. The summed E-state index contributed by atoms with van der Waals surface area (Å²) in [6.45, 7) is 2.20. The highest BCUT2D eigenvalue weighted by atomic mass is 14.9. The van der Waals surface area contributed by atoms with E-state index in [2.05, 4.69) is 55.7 Å². The molecule has 1 aliphatic rings. The zero-order valence-electron chi connectivity index (χ0n) is 13.0. The molecule has 2 nitrogen and oxygen atoms in total. The quantitative estimate of drug-likeness (QED) is 0.925. The predicted molar refractivity (Wildman–Crippen MR) is 87.6 cm³/mol. The zero-order valence-corrected chi connectivity index (χ0v) is 13.0. The van der Waals surface area contributed by atoms with Gasteiger partial charge in [0.15, 0.2) is 0 Å². The summed E-state index contributed by atoms with van der Waals surface area (Å²) in [4.78, 5) is 4.69. The first-order chi connectivity index (χ1) is 10.3. The summed E-state index contributed by atoms with van der Waals surface area (Å²) in [7, 11) is 2.08. The Labute approximate surface area is 127 Å². The number of benzene rings is 1. The summed E-state index contributed by atoms with van der Waals surface area (Å²) in [5.41, 5.74) is 5.59. The van der Waals surface area contributed by atoms with Gasteiger partial charge >= 0.3 is 0 Å². The average molecular weight is 280 g/mol.